The number of aryl methyl sites for hydroxylation is 1. The number of aromatic amines is 1. The van der Waals surface area contributed by atoms with E-state index in [0.717, 1.165) is 56.9 Å². The fourth-order valence-electron chi connectivity index (χ4n) is 4.08. The number of fused-ring (bicyclic) bond motifs is 1. The third-order valence-electron chi connectivity index (χ3n) is 5.86. The van der Waals surface area contributed by atoms with Crippen molar-refractivity contribution >= 4 is 16.8 Å². The number of para-hydroxylation sites is 1. The van der Waals surface area contributed by atoms with Crippen molar-refractivity contribution in [3.63, 3.8) is 0 Å². The highest BCUT2D eigenvalue weighted by Crippen LogP contribution is 2.19. The smallest absolute Gasteiger partial charge is 0.222 e. The Bertz CT molecular complexity index is 957. The van der Waals surface area contributed by atoms with E-state index in [1.165, 1.54) is 16.5 Å². The molecule has 4 rings (SSSR count). The van der Waals surface area contributed by atoms with E-state index in [1.807, 2.05) is 23.1 Å². The van der Waals surface area contributed by atoms with E-state index in [-0.39, 0.29) is 5.91 Å². The van der Waals surface area contributed by atoms with Crippen molar-refractivity contribution in [3.8, 4) is 5.75 Å². The summed E-state index contributed by atoms with van der Waals surface area (Å²) in [6.45, 7) is 4.59. The summed E-state index contributed by atoms with van der Waals surface area (Å²) in [7, 11) is 1.67. The molecule has 0 atom stereocenters. The van der Waals surface area contributed by atoms with Crippen molar-refractivity contribution in [2.75, 3.05) is 39.8 Å². The molecular formula is C24H29N3O2. The standard InChI is InChI=1S/C24H29N3O2/c1-29-21-6-4-5-19(17-21)9-10-24(28)27-15-13-26(14-16-27)12-11-20-18-25-23-8-3-2-7-22(20)23/h2-8,17-18,25H,9-16H2,1H3. The number of hydrogen-bond donors (Lipinski definition) is 1. The second kappa shape index (κ2) is 9.14. The number of amides is 1. The topological polar surface area (TPSA) is 48.6 Å². The molecule has 0 unspecified atom stereocenters. The summed E-state index contributed by atoms with van der Waals surface area (Å²) < 4.78 is 5.26. The monoisotopic (exact) mass is 391 g/mol. The minimum absolute atomic E-state index is 0.254. The van der Waals surface area contributed by atoms with Crippen LogP contribution in [0.4, 0.5) is 0 Å². The van der Waals surface area contributed by atoms with Crippen LogP contribution in [-0.2, 0) is 17.6 Å². The number of aromatic nitrogens is 1. The number of carbonyl (C=O) groups excluding carboxylic acids is 1. The summed E-state index contributed by atoms with van der Waals surface area (Å²) in [5.41, 5.74) is 3.72. The molecule has 0 spiro atoms. The van der Waals surface area contributed by atoms with Gasteiger partial charge in [0.1, 0.15) is 5.75 Å². The Hall–Kier alpha value is -2.79. The SMILES string of the molecule is COc1cccc(CCC(=O)N2CCN(CCc3c[nH]c4ccccc34)CC2)c1. The predicted octanol–water partition coefficient (Wildman–Crippen LogP) is 3.50. The van der Waals surface area contributed by atoms with Crippen molar-refractivity contribution in [3.05, 3.63) is 65.9 Å². The molecule has 0 radical (unpaired) electrons. The second-order valence-corrected chi connectivity index (χ2v) is 7.68. The van der Waals surface area contributed by atoms with Crippen LogP contribution < -0.4 is 4.74 Å². The molecule has 3 aromatic rings. The average Bonchev–Trinajstić information content (AvgIpc) is 3.19. The van der Waals surface area contributed by atoms with Gasteiger partial charge >= 0.3 is 0 Å². The van der Waals surface area contributed by atoms with Gasteiger partial charge in [-0.25, -0.2) is 0 Å². The molecule has 2 aromatic carbocycles. The molecule has 1 aromatic heterocycles. The lowest BCUT2D eigenvalue weighted by Crippen LogP contribution is -2.49. The van der Waals surface area contributed by atoms with E-state index in [0.29, 0.717) is 6.42 Å². The van der Waals surface area contributed by atoms with E-state index in [1.54, 1.807) is 7.11 Å². The average molecular weight is 392 g/mol. The lowest BCUT2D eigenvalue weighted by atomic mass is 10.1. The predicted molar refractivity (Wildman–Crippen MR) is 116 cm³/mol. The molecule has 5 nitrogen and oxygen atoms in total. The minimum atomic E-state index is 0.254. The van der Waals surface area contributed by atoms with Crippen LogP contribution in [0.5, 0.6) is 5.75 Å². The zero-order valence-electron chi connectivity index (χ0n) is 17.1. The maximum atomic E-state index is 12.6. The van der Waals surface area contributed by atoms with Crippen LogP contribution in [-0.4, -0.2) is 60.5 Å². The highest BCUT2D eigenvalue weighted by molar-refractivity contribution is 5.83. The Morgan fingerprint density at radius 3 is 2.69 bits per heavy atom. The summed E-state index contributed by atoms with van der Waals surface area (Å²) in [4.78, 5) is 20.4. The van der Waals surface area contributed by atoms with E-state index in [4.69, 9.17) is 4.74 Å². The first-order valence-corrected chi connectivity index (χ1v) is 10.4. The lowest BCUT2D eigenvalue weighted by Gasteiger charge is -2.34. The van der Waals surface area contributed by atoms with Crippen molar-refractivity contribution < 1.29 is 9.53 Å². The summed E-state index contributed by atoms with van der Waals surface area (Å²) in [6, 6.07) is 16.4. The summed E-state index contributed by atoms with van der Waals surface area (Å²) in [6.07, 6.45) is 4.48. The molecule has 152 valence electrons. The van der Waals surface area contributed by atoms with E-state index in [2.05, 4.69) is 46.4 Å². The number of carbonyl (C=O) groups is 1. The first-order chi connectivity index (χ1) is 14.2. The molecule has 1 fully saturated rings. The molecule has 1 aliphatic rings. The fourth-order valence-corrected chi connectivity index (χ4v) is 4.08. The van der Waals surface area contributed by atoms with Gasteiger partial charge in [-0.1, -0.05) is 30.3 Å². The molecule has 0 aliphatic carbocycles. The molecule has 1 N–H and O–H groups in total. The maximum Gasteiger partial charge on any atom is 0.222 e. The Kier molecular flexibility index (Phi) is 6.15. The van der Waals surface area contributed by atoms with Gasteiger partial charge in [0.25, 0.3) is 0 Å². The third-order valence-corrected chi connectivity index (χ3v) is 5.86. The molecule has 1 saturated heterocycles. The number of benzene rings is 2. The van der Waals surface area contributed by atoms with Gasteiger partial charge in [-0.2, -0.15) is 0 Å². The zero-order valence-corrected chi connectivity index (χ0v) is 17.1. The van der Waals surface area contributed by atoms with Gasteiger partial charge in [0.2, 0.25) is 5.91 Å². The van der Waals surface area contributed by atoms with Crippen LogP contribution in [0.15, 0.2) is 54.7 Å². The number of piperazine rings is 1. The number of hydrogen-bond acceptors (Lipinski definition) is 3. The van der Waals surface area contributed by atoms with Crippen molar-refractivity contribution in [2.45, 2.75) is 19.3 Å². The number of nitrogens with one attached hydrogen (secondary N) is 1. The Morgan fingerprint density at radius 1 is 1.03 bits per heavy atom. The molecule has 2 heterocycles. The summed E-state index contributed by atoms with van der Waals surface area (Å²) in [5.74, 6) is 1.10. The molecule has 5 heteroatoms. The van der Waals surface area contributed by atoms with Crippen LogP contribution in [0.25, 0.3) is 10.9 Å². The van der Waals surface area contributed by atoms with Crippen LogP contribution in [0, 0.1) is 0 Å². The first-order valence-electron chi connectivity index (χ1n) is 10.4. The fraction of sp³-hybridized carbons (Fsp3) is 0.375. The van der Waals surface area contributed by atoms with E-state index in [9.17, 15) is 4.79 Å². The third kappa shape index (κ3) is 4.80. The number of nitrogens with zero attached hydrogens (tertiary/aromatic N) is 2. The molecule has 29 heavy (non-hydrogen) atoms. The molecule has 1 aliphatic heterocycles. The molecular weight excluding hydrogens is 362 g/mol. The van der Waals surface area contributed by atoms with Gasteiger partial charge in [-0.15, -0.1) is 0 Å². The zero-order chi connectivity index (χ0) is 20.1. The van der Waals surface area contributed by atoms with Crippen LogP contribution in [0.3, 0.4) is 0 Å². The van der Waals surface area contributed by atoms with Crippen LogP contribution in [0.1, 0.15) is 17.5 Å². The normalized spacial score (nSPS) is 15.0. The quantitative estimate of drug-likeness (QED) is 0.671. The van der Waals surface area contributed by atoms with Crippen LogP contribution >= 0.6 is 0 Å². The molecule has 0 saturated carbocycles. The van der Waals surface area contributed by atoms with Gasteiger partial charge < -0.3 is 14.6 Å². The molecule has 1 amide bonds. The molecule has 0 bridgehead atoms. The van der Waals surface area contributed by atoms with Gasteiger partial charge in [0.05, 0.1) is 7.11 Å². The van der Waals surface area contributed by atoms with Gasteiger partial charge in [-0.3, -0.25) is 9.69 Å². The lowest BCUT2D eigenvalue weighted by molar-refractivity contribution is -0.132. The van der Waals surface area contributed by atoms with Gasteiger partial charge in [0.15, 0.2) is 0 Å². The maximum absolute atomic E-state index is 12.6. The Morgan fingerprint density at radius 2 is 1.86 bits per heavy atom. The van der Waals surface area contributed by atoms with Crippen molar-refractivity contribution in [1.29, 1.82) is 0 Å². The number of methoxy groups -OCH3 is 1. The number of H-pyrrole nitrogens is 1. The minimum Gasteiger partial charge on any atom is -0.497 e. The van der Waals surface area contributed by atoms with Crippen molar-refractivity contribution in [1.82, 2.24) is 14.8 Å². The Labute approximate surface area is 172 Å². The van der Waals surface area contributed by atoms with E-state index >= 15 is 0 Å². The number of ether oxygens (including phenoxy) is 1. The number of rotatable bonds is 7. The second-order valence-electron chi connectivity index (χ2n) is 7.68. The van der Waals surface area contributed by atoms with Crippen LogP contribution in [0.2, 0.25) is 0 Å². The largest absolute Gasteiger partial charge is 0.497 e. The highest BCUT2D eigenvalue weighted by atomic mass is 16.5. The first kappa shape index (κ1) is 19.5. The van der Waals surface area contributed by atoms with Gasteiger partial charge in [-0.05, 0) is 42.2 Å². The van der Waals surface area contributed by atoms with E-state index < -0.39 is 0 Å². The Balaban J connectivity index is 1.22. The van der Waals surface area contributed by atoms with Crippen molar-refractivity contribution in [2.24, 2.45) is 0 Å². The highest BCUT2D eigenvalue weighted by Gasteiger charge is 2.21. The van der Waals surface area contributed by atoms with Gasteiger partial charge in [0, 0.05) is 56.2 Å². The summed E-state index contributed by atoms with van der Waals surface area (Å²) >= 11 is 0. The summed E-state index contributed by atoms with van der Waals surface area (Å²) in [5, 5.41) is 1.32.